The lowest BCUT2D eigenvalue weighted by molar-refractivity contribution is 0.921. The van der Waals surface area contributed by atoms with Gasteiger partial charge < -0.3 is 11.1 Å². The fraction of sp³-hybridized carbons (Fsp3) is 0.455. The first-order chi connectivity index (χ1) is 6.24. The third-order valence-electron chi connectivity index (χ3n) is 1.80. The van der Waals surface area contributed by atoms with E-state index >= 15 is 0 Å². The molecule has 0 aromatic heterocycles. The van der Waals surface area contributed by atoms with Crippen molar-refractivity contribution < 1.29 is 0 Å². The molecule has 0 unspecified atom stereocenters. The van der Waals surface area contributed by atoms with Crippen LogP contribution in [0.4, 0.5) is 0 Å². The highest BCUT2D eigenvalue weighted by atomic mass is 14.8. The summed E-state index contributed by atoms with van der Waals surface area (Å²) < 4.78 is 0. The molecule has 0 saturated heterocycles. The highest BCUT2D eigenvalue weighted by molar-refractivity contribution is 5.18. The SMILES string of the molecule is C/C=C\C(=C/NC)CC/C(C)=C\N. The van der Waals surface area contributed by atoms with E-state index in [4.69, 9.17) is 5.73 Å². The number of allylic oxidation sites excluding steroid dienone is 4. The van der Waals surface area contributed by atoms with Crippen LogP contribution in [0.5, 0.6) is 0 Å². The molecule has 0 rings (SSSR count). The minimum Gasteiger partial charge on any atom is -0.405 e. The topological polar surface area (TPSA) is 38.0 Å². The van der Waals surface area contributed by atoms with Crippen LogP contribution in [-0.2, 0) is 0 Å². The molecule has 2 nitrogen and oxygen atoms in total. The molecule has 2 heteroatoms. The van der Waals surface area contributed by atoms with Gasteiger partial charge in [-0.25, -0.2) is 0 Å². The van der Waals surface area contributed by atoms with E-state index in [0.717, 1.165) is 12.8 Å². The zero-order valence-corrected chi connectivity index (χ0v) is 8.80. The fourth-order valence-corrected chi connectivity index (χ4v) is 1.03. The van der Waals surface area contributed by atoms with Crippen molar-refractivity contribution >= 4 is 0 Å². The fourth-order valence-electron chi connectivity index (χ4n) is 1.03. The van der Waals surface area contributed by atoms with Crippen molar-refractivity contribution in [3.63, 3.8) is 0 Å². The standard InChI is InChI=1S/C11H20N2/c1-4-5-11(9-13-3)7-6-10(2)8-12/h4-5,8-9,13H,6-7,12H2,1-3H3/b5-4-,10-8-,11-9+. The Labute approximate surface area is 81.2 Å². The summed E-state index contributed by atoms with van der Waals surface area (Å²) in [5, 5.41) is 3.03. The predicted molar refractivity (Wildman–Crippen MR) is 59.1 cm³/mol. The quantitative estimate of drug-likeness (QED) is 0.637. The van der Waals surface area contributed by atoms with Gasteiger partial charge in [-0.1, -0.05) is 17.7 Å². The Morgan fingerprint density at radius 2 is 2.08 bits per heavy atom. The maximum Gasteiger partial charge on any atom is 0.00278 e. The Kier molecular flexibility index (Phi) is 6.79. The van der Waals surface area contributed by atoms with Gasteiger partial charge in [0, 0.05) is 7.05 Å². The first-order valence-corrected chi connectivity index (χ1v) is 4.61. The van der Waals surface area contributed by atoms with Crippen molar-refractivity contribution in [1.29, 1.82) is 0 Å². The Hall–Kier alpha value is -1.18. The minimum atomic E-state index is 1.02. The van der Waals surface area contributed by atoms with Crippen LogP contribution >= 0.6 is 0 Å². The number of nitrogens with one attached hydrogen (secondary N) is 1. The van der Waals surface area contributed by atoms with Crippen LogP contribution in [0.1, 0.15) is 26.7 Å². The molecule has 0 aliphatic heterocycles. The second kappa shape index (κ2) is 7.47. The average molecular weight is 180 g/mol. The molecule has 13 heavy (non-hydrogen) atoms. The highest BCUT2D eigenvalue weighted by Gasteiger charge is 1.93. The molecule has 0 radical (unpaired) electrons. The molecule has 0 aromatic carbocycles. The summed E-state index contributed by atoms with van der Waals surface area (Å²) in [5.41, 5.74) is 7.92. The van der Waals surface area contributed by atoms with Crippen molar-refractivity contribution in [1.82, 2.24) is 5.32 Å². The maximum atomic E-state index is 5.39. The van der Waals surface area contributed by atoms with Gasteiger partial charge in [-0.15, -0.1) is 0 Å². The molecule has 74 valence electrons. The zero-order chi connectivity index (χ0) is 10.1. The van der Waals surface area contributed by atoms with E-state index in [-0.39, 0.29) is 0 Å². The number of hydrogen-bond donors (Lipinski definition) is 2. The second-order valence-electron chi connectivity index (χ2n) is 3.02. The third kappa shape index (κ3) is 6.02. The van der Waals surface area contributed by atoms with Gasteiger partial charge in [-0.3, -0.25) is 0 Å². The molecule has 0 aliphatic rings. The van der Waals surface area contributed by atoms with E-state index in [1.165, 1.54) is 11.1 Å². The molecular formula is C11H20N2. The second-order valence-corrected chi connectivity index (χ2v) is 3.02. The molecule has 0 fully saturated rings. The molecule has 0 aromatic rings. The Bertz CT molecular complexity index is 212. The van der Waals surface area contributed by atoms with Crippen molar-refractivity contribution in [3.05, 3.63) is 35.7 Å². The molecule has 3 N–H and O–H groups in total. The molecular weight excluding hydrogens is 160 g/mol. The van der Waals surface area contributed by atoms with E-state index in [1.807, 2.05) is 33.2 Å². The first-order valence-electron chi connectivity index (χ1n) is 4.61. The van der Waals surface area contributed by atoms with Crippen LogP contribution in [0.3, 0.4) is 0 Å². The lowest BCUT2D eigenvalue weighted by Gasteiger charge is -2.02. The molecule has 0 bridgehead atoms. The van der Waals surface area contributed by atoms with Crippen molar-refractivity contribution in [3.8, 4) is 0 Å². The van der Waals surface area contributed by atoms with Crippen molar-refractivity contribution in [2.75, 3.05) is 7.05 Å². The summed E-state index contributed by atoms with van der Waals surface area (Å²) >= 11 is 0. The monoisotopic (exact) mass is 180 g/mol. The maximum absolute atomic E-state index is 5.39. The molecule has 0 spiro atoms. The van der Waals surface area contributed by atoms with Gasteiger partial charge >= 0.3 is 0 Å². The van der Waals surface area contributed by atoms with Crippen molar-refractivity contribution in [2.45, 2.75) is 26.7 Å². The van der Waals surface area contributed by atoms with E-state index in [1.54, 1.807) is 6.20 Å². The van der Waals surface area contributed by atoms with Crippen LogP contribution in [0.15, 0.2) is 35.7 Å². The first kappa shape index (κ1) is 11.8. The van der Waals surface area contributed by atoms with Gasteiger partial charge in [0.15, 0.2) is 0 Å². The summed E-state index contributed by atoms with van der Waals surface area (Å²) in [6.07, 6.45) is 9.90. The normalized spacial score (nSPS) is 13.8. The third-order valence-corrected chi connectivity index (χ3v) is 1.80. The smallest absolute Gasteiger partial charge is 0.00278 e. The summed E-state index contributed by atoms with van der Waals surface area (Å²) in [4.78, 5) is 0. The van der Waals surface area contributed by atoms with Crippen LogP contribution in [0, 0.1) is 0 Å². The molecule has 0 heterocycles. The van der Waals surface area contributed by atoms with Gasteiger partial charge in [-0.05, 0) is 44.7 Å². The summed E-state index contributed by atoms with van der Waals surface area (Å²) in [6, 6.07) is 0. The van der Waals surface area contributed by atoms with E-state index in [2.05, 4.69) is 11.4 Å². The molecule has 0 atom stereocenters. The average Bonchev–Trinajstić information content (AvgIpc) is 2.14. The Balaban J connectivity index is 4.05. The molecule has 0 saturated carbocycles. The minimum absolute atomic E-state index is 1.02. The van der Waals surface area contributed by atoms with Gasteiger partial charge in [0.2, 0.25) is 0 Å². The summed E-state index contributed by atoms with van der Waals surface area (Å²) in [6.45, 7) is 4.07. The lowest BCUT2D eigenvalue weighted by atomic mass is 10.1. The Morgan fingerprint density at radius 1 is 1.38 bits per heavy atom. The zero-order valence-electron chi connectivity index (χ0n) is 8.80. The van der Waals surface area contributed by atoms with Crippen LogP contribution in [-0.4, -0.2) is 7.05 Å². The number of hydrogen-bond acceptors (Lipinski definition) is 2. The summed E-state index contributed by atoms with van der Waals surface area (Å²) in [5.74, 6) is 0. The van der Waals surface area contributed by atoms with E-state index < -0.39 is 0 Å². The molecule has 0 aliphatic carbocycles. The highest BCUT2D eigenvalue weighted by Crippen LogP contribution is 2.10. The number of nitrogens with two attached hydrogens (primary N) is 1. The molecule has 0 amide bonds. The van der Waals surface area contributed by atoms with Gasteiger partial charge in [0.1, 0.15) is 0 Å². The van der Waals surface area contributed by atoms with E-state index in [9.17, 15) is 0 Å². The Morgan fingerprint density at radius 3 is 2.54 bits per heavy atom. The van der Waals surface area contributed by atoms with Crippen LogP contribution in [0.25, 0.3) is 0 Å². The largest absolute Gasteiger partial charge is 0.405 e. The van der Waals surface area contributed by atoms with Gasteiger partial charge in [-0.2, -0.15) is 0 Å². The van der Waals surface area contributed by atoms with Gasteiger partial charge in [0.05, 0.1) is 0 Å². The number of rotatable bonds is 5. The van der Waals surface area contributed by atoms with Crippen LogP contribution < -0.4 is 11.1 Å². The van der Waals surface area contributed by atoms with E-state index in [0.29, 0.717) is 0 Å². The predicted octanol–water partition coefficient (Wildman–Crippen LogP) is 2.31. The van der Waals surface area contributed by atoms with Crippen molar-refractivity contribution in [2.24, 2.45) is 5.73 Å². The summed E-state index contributed by atoms with van der Waals surface area (Å²) in [7, 11) is 1.91. The van der Waals surface area contributed by atoms with Crippen LogP contribution in [0.2, 0.25) is 0 Å². The van der Waals surface area contributed by atoms with Gasteiger partial charge in [0.25, 0.3) is 0 Å². The lowest BCUT2D eigenvalue weighted by Crippen LogP contribution is -1.96.